The average molecular weight is 401 g/mol. The van der Waals surface area contributed by atoms with E-state index in [1.165, 1.54) is 5.56 Å². The van der Waals surface area contributed by atoms with Crippen LogP contribution in [0.2, 0.25) is 0 Å². The molecule has 1 aliphatic rings. The van der Waals surface area contributed by atoms with Gasteiger partial charge < -0.3 is 21.9 Å². The smallest absolute Gasteiger partial charge is 0.546 e. The zero-order chi connectivity index (χ0) is 16.9. The second-order valence-electron chi connectivity index (χ2n) is 5.80. The van der Waals surface area contributed by atoms with Crippen molar-refractivity contribution >= 4 is 17.7 Å². The number of hydrogen-bond donors (Lipinski definition) is 0. The van der Waals surface area contributed by atoms with E-state index in [1.54, 1.807) is 9.91 Å². The fourth-order valence-electron chi connectivity index (χ4n) is 2.49. The number of rotatable bonds is 5. The average Bonchev–Trinajstić information content (AvgIpc) is 2.92. The van der Waals surface area contributed by atoms with Crippen molar-refractivity contribution in [3.05, 3.63) is 60.2 Å². The summed E-state index contributed by atoms with van der Waals surface area (Å²) in [6.07, 6.45) is 2.60. The number of hydrazone groups is 1. The number of hydrogen-bond acceptors (Lipinski definition) is 6. The lowest BCUT2D eigenvalue weighted by atomic mass is 10.2. The fourth-order valence-corrected chi connectivity index (χ4v) is 2.49. The van der Waals surface area contributed by atoms with Crippen molar-refractivity contribution in [1.82, 2.24) is 9.91 Å². The van der Waals surface area contributed by atoms with E-state index < -0.39 is 0 Å². The van der Waals surface area contributed by atoms with E-state index in [0.29, 0.717) is 0 Å². The van der Waals surface area contributed by atoms with Gasteiger partial charge in [0, 0.05) is 26.3 Å². The monoisotopic (exact) mass is 400 g/mol. The number of halogens is 1. The van der Waals surface area contributed by atoms with Gasteiger partial charge in [-0.15, -0.1) is 10.0 Å². The molecule has 0 aromatic heterocycles. The van der Waals surface area contributed by atoms with Crippen LogP contribution in [0.5, 0.6) is 0 Å². The minimum atomic E-state index is -0.231. The molecule has 1 heterocycles. The third-order valence-electron chi connectivity index (χ3n) is 3.87. The molecule has 3 rings (SSSR count). The molecule has 2 aromatic rings. The maximum Gasteiger partial charge on any atom is 0.546 e. The molecule has 0 bridgehead atoms. The van der Waals surface area contributed by atoms with E-state index in [4.69, 9.17) is 0 Å². The molecule has 0 spiro atoms. The summed E-state index contributed by atoms with van der Waals surface area (Å²) in [5.41, 5.74) is 3.25. The zero-order valence-corrected chi connectivity index (χ0v) is 16.1. The Kier molecular flexibility index (Phi) is 6.44. The summed E-state index contributed by atoms with van der Waals surface area (Å²) in [5.74, 6) is 0. The summed E-state index contributed by atoms with van der Waals surface area (Å²) in [6, 6.07) is 18.5. The van der Waals surface area contributed by atoms with Crippen molar-refractivity contribution < 1.29 is 17.0 Å². The summed E-state index contributed by atoms with van der Waals surface area (Å²) >= 11 is 0. The largest absolute Gasteiger partial charge is 1.00 e. The van der Waals surface area contributed by atoms with Crippen molar-refractivity contribution in [1.29, 1.82) is 0 Å². The predicted octanol–water partition coefficient (Wildman–Crippen LogP) is 0.392. The molecular weight excluding hydrogens is 380 g/mol. The van der Waals surface area contributed by atoms with Gasteiger partial charge >= 0.3 is 6.34 Å². The predicted molar refractivity (Wildman–Crippen MR) is 96.3 cm³/mol. The minimum Gasteiger partial charge on any atom is -1.00 e. The van der Waals surface area contributed by atoms with Gasteiger partial charge in [0.15, 0.2) is 0 Å². The van der Waals surface area contributed by atoms with E-state index in [2.05, 4.69) is 70.0 Å². The van der Waals surface area contributed by atoms with Gasteiger partial charge in [-0.1, -0.05) is 30.3 Å². The first-order valence-corrected chi connectivity index (χ1v) is 7.81. The Morgan fingerprint density at radius 1 is 1.08 bits per heavy atom. The highest BCUT2D eigenvalue weighted by Crippen LogP contribution is 2.21. The standard InChI is InChI=1S/C18H21N6.BrH/c1-22(13-15-7-5-4-6-8-15)17-11-9-16(10-12-17)20-21-18-23(2)14-19-24(18)3;/h4-12,18H,13H2,1-3H3;1H/q+1;/p-1. The van der Waals surface area contributed by atoms with Crippen LogP contribution in [0.3, 0.4) is 0 Å². The third-order valence-corrected chi connectivity index (χ3v) is 3.87. The summed E-state index contributed by atoms with van der Waals surface area (Å²) in [6.45, 7) is 0.868. The molecule has 1 aliphatic heterocycles. The van der Waals surface area contributed by atoms with Crippen LogP contribution in [0.4, 0.5) is 11.4 Å². The Balaban J connectivity index is 0.00000225. The molecule has 0 fully saturated rings. The molecule has 0 saturated carbocycles. The lowest BCUT2D eigenvalue weighted by Crippen LogP contribution is -3.00. The molecule has 6 nitrogen and oxygen atoms in total. The molecule has 130 valence electrons. The highest BCUT2D eigenvalue weighted by Gasteiger charge is 2.34. The Labute approximate surface area is 159 Å². The fraction of sp³-hybridized carbons (Fsp3) is 0.278. The third kappa shape index (κ3) is 4.75. The van der Waals surface area contributed by atoms with E-state index in [1.807, 2.05) is 32.3 Å². The summed E-state index contributed by atoms with van der Waals surface area (Å²) < 4.78 is 0. The molecule has 25 heavy (non-hydrogen) atoms. The molecule has 0 aliphatic carbocycles. The Morgan fingerprint density at radius 3 is 2.36 bits per heavy atom. The van der Waals surface area contributed by atoms with Gasteiger partial charge in [0.05, 0.1) is 12.7 Å². The van der Waals surface area contributed by atoms with Crippen LogP contribution >= 0.6 is 0 Å². The van der Waals surface area contributed by atoms with Crippen molar-refractivity contribution in [2.75, 3.05) is 26.0 Å². The molecule has 0 N–H and O–H groups in total. The second kappa shape index (κ2) is 8.55. The van der Waals surface area contributed by atoms with Crippen LogP contribution in [0.1, 0.15) is 5.56 Å². The van der Waals surface area contributed by atoms with Crippen LogP contribution in [0.15, 0.2) is 69.9 Å². The van der Waals surface area contributed by atoms with Gasteiger partial charge in [0.2, 0.25) is 0 Å². The Bertz CT molecular complexity index is 704. The maximum atomic E-state index is 4.30. The minimum absolute atomic E-state index is 0. The molecule has 0 amide bonds. The molecule has 1 atom stereocenters. The molecule has 2 aromatic carbocycles. The first-order chi connectivity index (χ1) is 11.6. The second-order valence-corrected chi connectivity index (χ2v) is 5.80. The van der Waals surface area contributed by atoms with Gasteiger partial charge in [-0.25, -0.2) is 5.01 Å². The van der Waals surface area contributed by atoms with Gasteiger partial charge in [0.1, 0.15) is 5.10 Å². The van der Waals surface area contributed by atoms with Crippen molar-refractivity contribution in [2.45, 2.75) is 12.8 Å². The number of azo groups is 1. The lowest BCUT2D eigenvalue weighted by molar-refractivity contribution is -0.00000506. The van der Waals surface area contributed by atoms with E-state index >= 15 is 0 Å². The highest BCUT2D eigenvalue weighted by molar-refractivity contribution is 5.56. The van der Waals surface area contributed by atoms with Crippen LogP contribution in [-0.2, 0) is 6.54 Å². The normalized spacial score (nSPS) is 16.0. The summed E-state index contributed by atoms with van der Waals surface area (Å²) in [4.78, 5) is 3.99. The van der Waals surface area contributed by atoms with E-state index in [-0.39, 0.29) is 23.3 Å². The highest BCUT2D eigenvalue weighted by atomic mass is 79.9. The Hall–Kier alpha value is -2.50. The molecule has 0 saturated heterocycles. The van der Waals surface area contributed by atoms with Crippen molar-refractivity contribution in [2.24, 2.45) is 15.3 Å². The van der Waals surface area contributed by atoms with Gasteiger partial charge in [-0.05, 0) is 29.8 Å². The van der Waals surface area contributed by atoms with E-state index in [9.17, 15) is 0 Å². The number of anilines is 1. The number of nitrogens with zero attached hydrogens (tertiary/aromatic N) is 6. The molecule has 0 radical (unpaired) electrons. The van der Waals surface area contributed by atoms with Gasteiger partial charge in [-0.3, -0.25) is 0 Å². The first kappa shape index (κ1) is 18.8. The summed E-state index contributed by atoms with van der Waals surface area (Å²) in [5, 5.41) is 14.4. The van der Waals surface area contributed by atoms with Crippen molar-refractivity contribution in [3.63, 3.8) is 0 Å². The first-order valence-electron chi connectivity index (χ1n) is 7.81. The zero-order valence-electron chi connectivity index (χ0n) is 14.5. The number of benzene rings is 2. The maximum absolute atomic E-state index is 4.30. The summed E-state index contributed by atoms with van der Waals surface area (Å²) in [7, 11) is 5.80. The van der Waals surface area contributed by atoms with Crippen LogP contribution in [0.25, 0.3) is 0 Å². The SMILES string of the molecule is CN(Cc1ccccc1)c1ccc(N=NC2N(C)[C+]=NN2C)cc1.[Br-]. The Morgan fingerprint density at radius 2 is 1.76 bits per heavy atom. The molecule has 1 unspecified atom stereocenters. The lowest BCUT2D eigenvalue weighted by Gasteiger charge is -2.19. The van der Waals surface area contributed by atoms with Gasteiger partial charge in [0.25, 0.3) is 6.29 Å². The van der Waals surface area contributed by atoms with E-state index in [0.717, 1.165) is 17.9 Å². The van der Waals surface area contributed by atoms with Gasteiger partial charge in [-0.2, -0.15) is 5.11 Å². The molecule has 7 heteroatoms. The van der Waals surface area contributed by atoms with Crippen LogP contribution in [-0.4, -0.2) is 43.7 Å². The molecular formula is C18H21BrN6. The van der Waals surface area contributed by atoms with Crippen molar-refractivity contribution in [3.8, 4) is 0 Å². The topological polar surface area (TPSA) is 46.8 Å². The van der Waals surface area contributed by atoms with Crippen LogP contribution < -0.4 is 21.9 Å². The quantitative estimate of drug-likeness (QED) is 0.538. The van der Waals surface area contributed by atoms with Crippen LogP contribution in [0, 0.1) is 0 Å².